The predicted molar refractivity (Wildman–Crippen MR) is 63.7 cm³/mol. The number of nitrogens with one attached hydrogen (secondary N) is 1. The zero-order chi connectivity index (χ0) is 12.3. The van der Waals surface area contributed by atoms with Crippen molar-refractivity contribution in [1.29, 1.82) is 0 Å². The number of carbonyl (C=O) groups is 1. The summed E-state index contributed by atoms with van der Waals surface area (Å²) < 4.78 is 5.49. The van der Waals surface area contributed by atoms with Gasteiger partial charge in [-0.1, -0.05) is 13.3 Å². The number of nitrogens with zero attached hydrogens (tertiary/aromatic N) is 1. The number of amides is 1. The predicted octanol–water partition coefficient (Wildman–Crippen LogP) is -0.262. The van der Waals surface area contributed by atoms with E-state index in [-0.39, 0.29) is 12.0 Å². The normalized spacial score (nSPS) is 27.6. The van der Waals surface area contributed by atoms with Crippen LogP contribution in [0.2, 0.25) is 0 Å². The van der Waals surface area contributed by atoms with Gasteiger partial charge in [-0.3, -0.25) is 4.79 Å². The molecule has 2 aliphatic rings. The van der Waals surface area contributed by atoms with Gasteiger partial charge in [-0.25, -0.2) is 0 Å². The number of morpholine rings is 1. The Morgan fingerprint density at radius 1 is 1.59 bits per heavy atom. The molecule has 0 saturated carbocycles. The summed E-state index contributed by atoms with van der Waals surface area (Å²) in [5.41, 5.74) is -0.629. The van der Waals surface area contributed by atoms with Crippen LogP contribution in [-0.2, 0) is 9.53 Å². The summed E-state index contributed by atoms with van der Waals surface area (Å²) in [5.74, 6) is 0.0967. The van der Waals surface area contributed by atoms with Crippen LogP contribution >= 0.6 is 0 Å². The minimum Gasteiger partial charge on any atom is -0.386 e. The fourth-order valence-corrected chi connectivity index (χ4v) is 2.54. The van der Waals surface area contributed by atoms with Crippen LogP contribution in [0, 0.1) is 0 Å². The summed E-state index contributed by atoms with van der Waals surface area (Å²) in [6, 6.07) is 0. The van der Waals surface area contributed by atoms with Crippen LogP contribution in [0.5, 0.6) is 0 Å². The molecule has 2 heterocycles. The Morgan fingerprint density at radius 3 is 2.94 bits per heavy atom. The molecule has 17 heavy (non-hydrogen) atoms. The molecule has 0 radical (unpaired) electrons. The summed E-state index contributed by atoms with van der Waals surface area (Å²) in [7, 11) is 0. The molecule has 2 rings (SSSR count). The van der Waals surface area contributed by atoms with Crippen molar-refractivity contribution in [3.05, 3.63) is 0 Å². The summed E-state index contributed by atoms with van der Waals surface area (Å²) in [6.45, 7) is 5.31. The van der Waals surface area contributed by atoms with E-state index in [4.69, 9.17) is 4.74 Å². The highest BCUT2D eigenvalue weighted by atomic mass is 16.5. The lowest BCUT2D eigenvalue weighted by atomic mass is 9.89. The summed E-state index contributed by atoms with van der Waals surface area (Å²) in [6.07, 6.45) is 2.15. The van der Waals surface area contributed by atoms with E-state index in [2.05, 4.69) is 5.32 Å². The summed E-state index contributed by atoms with van der Waals surface area (Å²) in [5, 5.41) is 13.2. The quantitative estimate of drug-likeness (QED) is 0.713. The highest BCUT2D eigenvalue weighted by Gasteiger charge is 2.42. The van der Waals surface area contributed by atoms with Gasteiger partial charge in [0.2, 0.25) is 5.91 Å². The SMILES string of the molecule is CCCC1(O)CN(C(=O)CC2CNCCO2)C1. The topological polar surface area (TPSA) is 61.8 Å². The van der Waals surface area contributed by atoms with Crippen LogP contribution in [-0.4, -0.2) is 60.4 Å². The van der Waals surface area contributed by atoms with Crippen molar-refractivity contribution in [2.75, 3.05) is 32.8 Å². The second-order valence-electron chi connectivity index (χ2n) is 5.13. The Morgan fingerprint density at radius 2 is 2.35 bits per heavy atom. The van der Waals surface area contributed by atoms with Gasteiger partial charge in [0.25, 0.3) is 0 Å². The summed E-state index contributed by atoms with van der Waals surface area (Å²) in [4.78, 5) is 13.6. The Labute approximate surface area is 102 Å². The maximum atomic E-state index is 11.9. The Balaban J connectivity index is 1.71. The number of aliphatic hydroxyl groups is 1. The number of hydrogen-bond acceptors (Lipinski definition) is 4. The third-order valence-electron chi connectivity index (χ3n) is 3.45. The molecule has 5 nitrogen and oxygen atoms in total. The average Bonchev–Trinajstić information content (AvgIpc) is 2.27. The standard InChI is InChI=1S/C12H22N2O3/c1-2-3-12(16)8-14(9-12)11(15)6-10-7-13-4-5-17-10/h10,13,16H,2-9H2,1H3. The maximum Gasteiger partial charge on any atom is 0.225 e. The van der Waals surface area contributed by atoms with Crippen LogP contribution in [0.15, 0.2) is 0 Å². The van der Waals surface area contributed by atoms with Gasteiger partial charge in [0.1, 0.15) is 0 Å². The highest BCUT2D eigenvalue weighted by Crippen LogP contribution is 2.26. The molecule has 2 fully saturated rings. The fourth-order valence-electron chi connectivity index (χ4n) is 2.54. The van der Waals surface area contributed by atoms with Crippen molar-refractivity contribution in [2.45, 2.75) is 37.9 Å². The number of β-amino-alcohol motifs (C(OH)–C–C–N with tert-alkyl or cyclic N) is 1. The molecule has 0 aromatic heterocycles. The van der Waals surface area contributed by atoms with Gasteiger partial charge in [-0.15, -0.1) is 0 Å². The van der Waals surface area contributed by atoms with Crippen LogP contribution in [0.4, 0.5) is 0 Å². The number of hydrogen-bond donors (Lipinski definition) is 2. The average molecular weight is 242 g/mol. The second-order valence-corrected chi connectivity index (χ2v) is 5.13. The molecule has 98 valence electrons. The number of likely N-dealkylation sites (tertiary alicyclic amines) is 1. The molecule has 5 heteroatoms. The number of rotatable bonds is 4. The van der Waals surface area contributed by atoms with Crippen molar-refractivity contribution in [3.63, 3.8) is 0 Å². The van der Waals surface area contributed by atoms with Gasteiger partial charge in [-0.2, -0.15) is 0 Å². The highest BCUT2D eigenvalue weighted by molar-refractivity contribution is 5.78. The monoisotopic (exact) mass is 242 g/mol. The Bertz CT molecular complexity index is 271. The van der Waals surface area contributed by atoms with Crippen LogP contribution in [0.25, 0.3) is 0 Å². The van der Waals surface area contributed by atoms with Crippen molar-refractivity contribution in [2.24, 2.45) is 0 Å². The number of ether oxygens (including phenoxy) is 1. The zero-order valence-electron chi connectivity index (χ0n) is 10.4. The van der Waals surface area contributed by atoms with Gasteiger partial charge in [0.15, 0.2) is 0 Å². The van der Waals surface area contributed by atoms with Crippen LogP contribution in [0.1, 0.15) is 26.2 Å². The van der Waals surface area contributed by atoms with Gasteiger partial charge in [-0.05, 0) is 6.42 Å². The largest absolute Gasteiger partial charge is 0.386 e. The molecule has 1 unspecified atom stereocenters. The van der Waals surface area contributed by atoms with Gasteiger partial charge in [0, 0.05) is 13.1 Å². The minimum atomic E-state index is -0.629. The van der Waals surface area contributed by atoms with Gasteiger partial charge < -0.3 is 20.1 Å². The Hall–Kier alpha value is -0.650. The molecule has 2 N–H and O–H groups in total. The molecule has 2 aliphatic heterocycles. The van der Waals surface area contributed by atoms with E-state index in [0.717, 1.165) is 25.9 Å². The second kappa shape index (κ2) is 5.33. The molecule has 2 saturated heterocycles. The molecular weight excluding hydrogens is 220 g/mol. The van der Waals surface area contributed by atoms with Gasteiger partial charge in [0.05, 0.1) is 37.8 Å². The van der Waals surface area contributed by atoms with E-state index in [1.807, 2.05) is 6.92 Å². The lowest BCUT2D eigenvalue weighted by Gasteiger charge is -2.47. The lowest BCUT2D eigenvalue weighted by molar-refractivity contribution is -0.159. The molecule has 0 bridgehead atoms. The number of carbonyl (C=O) groups excluding carboxylic acids is 1. The van der Waals surface area contributed by atoms with Crippen LogP contribution in [0.3, 0.4) is 0 Å². The molecule has 0 spiro atoms. The first-order chi connectivity index (χ1) is 8.13. The van der Waals surface area contributed by atoms with E-state index in [1.165, 1.54) is 0 Å². The lowest BCUT2D eigenvalue weighted by Crippen LogP contribution is -2.63. The van der Waals surface area contributed by atoms with Crippen LogP contribution < -0.4 is 5.32 Å². The minimum absolute atomic E-state index is 0.00359. The first kappa shape index (κ1) is 12.8. The molecular formula is C12H22N2O3. The molecule has 0 aromatic carbocycles. The summed E-state index contributed by atoms with van der Waals surface area (Å²) >= 11 is 0. The van der Waals surface area contributed by atoms with E-state index in [1.54, 1.807) is 4.90 Å². The van der Waals surface area contributed by atoms with Gasteiger partial charge >= 0.3 is 0 Å². The zero-order valence-corrected chi connectivity index (χ0v) is 10.4. The van der Waals surface area contributed by atoms with E-state index >= 15 is 0 Å². The van der Waals surface area contributed by atoms with Crippen molar-refractivity contribution < 1.29 is 14.6 Å². The van der Waals surface area contributed by atoms with Crippen molar-refractivity contribution in [3.8, 4) is 0 Å². The van der Waals surface area contributed by atoms with E-state index in [0.29, 0.717) is 26.1 Å². The molecule has 0 aromatic rings. The van der Waals surface area contributed by atoms with Crippen molar-refractivity contribution in [1.82, 2.24) is 10.2 Å². The van der Waals surface area contributed by atoms with E-state index in [9.17, 15) is 9.90 Å². The maximum absolute atomic E-state index is 11.9. The smallest absolute Gasteiger partial charge is 0.225 e. The molecule has 1 amide bonds. The molecule has 1 atom stereocenters. The third-order valence-corrected chi connectivity index (χ3v) is 3.45. The first-order valence-electron chi connectivity index (χ1n) is 6.45. The van der Waals surface area contributed by atoms with Crippen molar-refractivity contribution >= 4 is 5.91 Å². The fraction of sp³-hybridized carbons (Fsp3) is 0.917. The van der Waals surface area contributed by atoms with E-state index < -0.39 is 5.60 Å². The third kappa shape index (κ3) is 3.18. The first-order valence-corrected chi connectivity index (χ1v) is 6.45. The molecule has 0 aliphatic carbocycles. The Kier molecular flexibility index (Phi) is 4.01.